The maximum atomic E-state index is 6.14. The van der Waals surface area contributed by atoms with E-state index in [0.717, 1.165) is 17.0 Å². The first-order chi connectivity index (χ1) is 8.22. The van der Waals surface area contributed by atoms with Crippen molar-refractivity contribution in [2.75, 3.05) is 0 Å². The van der Waals surface area contributed by atoms with Gasteiger partial charge in [-0.3, -0.25) is 4.98 Å². The van der Waals surface area contributed by atoms with Gasteiger partial charge in [-0.25, -0.2) is 0 Å². The predicted octanol–water partition coefficient (Wildman–Crippen LogP) is 4.73. The molecule has 0 aliphatic rings. The molecule has 1 aromatic heterocycles. The summed E-state index contributed by atoms with van der Waals surface area (Å²) in [7, 11) is 0. The van der Waals surface area contributed by atoms with E-state index in [4.69, 9.17) is 16.3 Å². The largest absolute Gasteiger partial charge is 0.454 e. The van der Waals surface area contributed by atoms with Crippen molar-refractivity contribution in [2.24, 2.45) is 0 Å². The molecule has 0 unspecified atom stereocenters. The molecule has 2 rings (SSSR count). The van der Waals surface area contributed by atoms with Crippen LogP contribution in [-0.4, -0.2) is 4.98 Å². The average Bonchev–Trinajstić information content (AvgIpc) is 2.34. The van der Waals surface area contributed by atoms with Crippen molar-refractivity contribution >= 4 is 27.5 Å². The van der Waals surface area contributed by atoms with E-state index < -0.39 is 0 Å². The Morgan fingerprint density at radius 1 is 1.29 bits per heavy atom. The lowest BCUT2D eigenvalue weighted by atomic mass is 10.2. The quantitative estimate of drug-likeness (QED) is 0.764. The second kappa shape index (κ2) is 5.52. The molecule has 2 aromatic rings. The summed E-state index contributed by atoms with van der Waals surface area (Å²) in [5.74, 6) is 1.41. The van der Waals surface area contributed by atoms with Crippen molar-refractivity contribution in [3.05, 3.63) is 52.8 Å². The fraction of sp³-hybridized carbons (Fsp3) is 0.154. The van der Waals surface area contributed by atoms with Crippen LogP contribution in [0.15, 0.2) is 36.5 Å². The van der Waals surface area contributed by atoms with Crippen molar-refractivity contribution in [1.82, 2.24) is 4.98 Å². The van der Waals surface area contributed by atoms with Gasteiger partial charge in [0, 0.05) is 17.1 Å². The smallest absolute Gasteiger partial charge is 0.150 e. The number of hydrogen-bond acceptors (Lipinski definition) is 2. The molecule has 0 aliphatic carbocycles. The second-order valence-electron chi connectivity index (χ2n) is 3.55. The van der Waals surface area contributed by atoms with Crippen LogP contribution >= 0.6 is 27.5 Å². The van der Waals surface area contributed by atoms with Gasteiger partial charge < -0.3 is 4.74 Å². The van der Waals surface area contributed by atoms with Gasteiger partial charge in [0.05, 0.1) is 10.7 Å². The van der Waals surface area contributed by atoms with Crippen LogP contribution in [0.3, 0.4) is 0 Å². The minimum absolute atomic E-state index is 0.602. The summed E-state index contributed by atoms with van der Waals surface area (Å²) in [5, 5.41) is 1.30. The second-order valence-corrected chi connectivity index (χ2v) is 4.52. The monoisotopic (exact) mass is 311 g/mol. The Morgan fingerprint density at radius 3 is 2.82 bits per heavy atom. The summed E-state index contributed by atoms with van der Waals surface area (Å²) in [4.78, 5) is 4.18. The van der Waals surface area contributed by atoms with Crippen LogP contribution in [0.5, 0.6) is 11.5 Å². The van der Waals surface area contributed by atoms with E-state index in [1.54, 1.807) is 6.20 Å². The maximum Gasteiger partial charge on any atom is 0.150 e. The van der Waals surface area contributed by atoms with Gasteiger partial charge >= 0.3 is 0 Å². The zero-order valence-corrected chi connectivity index (χ0v) is 11.6. The number of alkyl halides is 1. The van der Waals surface area contributed by atoms with E-state index in [-0.39, 0.29) is 0 Å². The molecule has 1 aromatic carbocycles. The number of ether oxygens (including phenoxy) is 1. The number of hydrogen-bond donors (Lipinski definition) is 0. The molecule has 88 valence electrons. The van der Waals surface area contributed by atoms with Crippen LogP contribution in [0.1, 0.15) is 11.3 Å². The van der Waals surface area contributed by atoms with E-state index in [0.29, 0.717) is 16.1 Å². The highest BCUT2D eigenvalue weighted by atomic mass is 79.9. The third-order valence-electron chi connectivity index (χ3n) is 2.36. The fourth-order valence-corrected chi connectivity index (χ4v) is 2.13. The van der Waals surface area contributed by atoms with E-state index in [9.17, 15) is 0 Å². The molecule has 0 saturated carbocycles. The maximum absolute atomic E-state index is 6.14. The SMILES string of the molecule is Cc1ncccc1Oc1c(Cl)cccc1CBr. The van der Waals surface area contributed by atoms with E-state index in [2.05, 4.69) is 20.9 Å². The lowest BCUT2D eigenvalue weighted by Crippen LogP contribution is -1.93. The third kappa shape index (κ3) is 2.79. The number of benzene rings is 1. The topological polar surface area (TPSA) is 22.1 Å². The van der Waals surface area contributed by atoms with Crippen molar-refractivity contribution in [3.63, 3.8) is 0 Å². The molecule has 2 nitrogen and oxygen atoms in total. The van der Waals surface area contributed by atoms with Crippen molar-refractivity contribution in [3.8, 4) is 11.5 Å². The highest BCUT2D eigenvalue weighted by Crippen LogP contribution is 2.34. The Labute approximate surface area is 114 Å². The van der Waals surface area contributed by atoms with Gasteiger partial charge in [-0.05, 0) is 25.1 Å². The Morgan fingerprint density at radius 2 is 2.12 bits per heavy atom. The summed E-state index contributed by atoms with van der Waals surface area (Å²) >= 11 is 9.56. The Kier molecular flexibility index (Phi) is 4.02. The molecule has 0 spiro atoms. The fourth-order valence-electron chi connectivity index (χ4n) is 1.46. The van der Waals surface area contributed by atoms with E-state index in [1.807, 2.05) is 37.3 Å². The normalized spacial score (nSPS) is 10.3. The van der Waals surface area contributed by atoms with Crippen molar-refractivity contribution in [2.45, 2.75) is 12.3 Å². The Bertz CT molecular complexity index is 531. The number of nitrogens with zero attached hydrogens (tertiary/aromatic N) is 1. The average molecular weight is 313 g/mol. The van der Waals surface area contributed by atoms with Crippen LogP contribution in [0.25, 0.3) is 0 Å². The van der Waals surface area contributed by atoms with E-state index in [1.165, 1.54) is 0 Å². The lowest BCUT2D eigenvalue weighted by molar-refractivity contribution is 0.472. The van der Waals surface area contributed by atoms with Crippen LogP contribution in [-0.2, 0) is 5.33 Å². The van der Waals surface area contributed by atoms with Crippen LogP contribution in [0.4, 0.5) is 0 Å². The van der Waals surface area contributed by atoms with Crippen LogP contribution < -0.4 is 4.74 Å². The molecule has 0 amide bonds. The molecule has 0 aliphatic heterocycles. The van der Waals surface area contributed by atoms with Crippen molar-refractivity contribution < 1.29 is 4.74 Å². The zero-order valence-electron chi connectivity index (χ0n) is 9.28. The molecule has 0 fully saturated rings. The molecule has 0 N–H and O–H groups in total. The Hall–Kier alpha value is -1.06. The minimum Gasteiger partial charge on any atom is -0.454 e. The van der Waals surface area contributed by atoms with Crippen LogP contribution in [0.2, 0.25) is 5.02 Å². The predicted molar refractivity (Wildman–Crippen MR) is 73.1 cm³/mol. The number of aryl methyl sites for hydroxylation is 1. The first-order valence-corrected chi connectivity index (χ1v) is 6.65. The summed E-state index contributed by atoms with van der Waals surface area (Å²) < 4.78 is 5.84. The molecule has 17 heavy (non-hydrogen) atoms. The van der Waals surface area contributed by atoms with Gasteiger partial charge in [0.1, 0.15) is 11.5 Å². The van der Waals surface area contributed by atoms with Crippen molar-refractivity contribution in [1.29, 1.82) is 0 Å². The van der Waals surface area contributed by atoms with E-state index >= 15 is 0 Å². The molecule has 0 radical (unpaired) electrons. The third-order valence-corrected chi connectivity index (χ3v) is 3.26. The number of rotatable bonds is 3. The molecule has 0 atom stereocenters. The lowest BCUT2D eigenvalue weighted by Gasteiger charge is -2.12. The number of halogens is 2. The van der Waals surface area contributed by atoms with Gasteiger partial charge in [0.15, 0.2) is 0 Å². The minimum atomic E-state index is 0.602. The van der Waals surface area contributed by atoms with Gasteiger partial charge in [-0.2, -0.15) is 0 Å². The molecule has 4 heteroatoms. The highest BCUT2D eigenvalue weighted by Gasteiger charge is 2.10. The zero-order chi connectivity index (χ0) is 12.3. The summed E-state index contributed by atoms with van der Waals surface area (Å²) in [6, 6.07) is 9.41. The van der Waals surface area contributed by atoms with Gasteiger partial charge in [-0.1, -0.05) is 39.7 Å². The van der Waals surface area contributed by atoms with Gasteiger partial charge in [0.25, 0.3) is 0 Å². The first-order valence-electron chi connectivity index (χ1n) is 5.15. The summed E-state index contributed by atoms with van der Waals surface area (Å²) in [6.07, 6.45) is 1.74. The molecule has 0 bridgehead atoms. The van der Waals surface area contributed by atoms with Gasteiger partial charge in [-0.15, -0.1) is 0 Å². The standard InChI is InChI=1S/C13H11BrClNO/c1-9-12(6-3-7-16-9)17-13-10(8-14)4-2-5-11(13)15/h2-7H,8H2,1H3. The number of aromatic nitrogens is 1. The highest BCUT2D eigenvalue weighted by molar-refractivity contribution is 9.08. The number of pyridine rings is 1. The molecule has 0 saturated heterocycles. The Balaban J connectivity index is 2.39. The van der Waals surface area contributed by atoms with Crippen LogP contribution in [0, 0.1) is 6.92 Å². The molecular weight excluding hydrogens is 302 g/mol. The molecule has 1 heterocycles. The van der Waals surface area contributed by atoms with Gasteiger partial charge in [0.2, 0.25) is 0 Å². The number of para-hydroxylation sites is 1. The summed E-state index contributed by atoms with van der Waals surface area (Å²) in [6.45, 7) is 1.90. The summed E-state index contributed by atoms with van der Waals surface area (Å²) in [5.41, 5.74) is 1.86. The molecular formula is C13H11BrClNO. The first kappa shape index (κ1) is 12.4.